The summed E-state index contributed by atoms with van der Waals surface area (Å²) in [4.78, 5) is 4.56. The minimum absolute atomic E-state index is 0.0888. The third-order valence-electron chi connectivity index (χ3n) is 2.63. The van der Waals surface area contributed by atoms with Gasteiger partial charge in [-0.2, -0.15) is 0 Å². The molecule has 0 spiro atoms. The molecule has 0 fully saturated rings. The Morgan fingerprint density at radius 1 is 1.31 bits per heavy atom. The van der Waals surface area contributed by atoms with E-state index >= 15 is 0 Å². The van der Waals surface area contributed by atoms with E-state index in [9.17, 15) is 0 Å². The van der Waals surface area contributed by atoms with Crippen LogP contribution < -0.4 is 5.90 Å². The Hall–Kier alpha value is 0.0969. The van der Waals surface area contributed by atoms with Crippen LogP contribution in [0.4, 0.5) is 0 Å². The fourth-order valence-electron chi connectivity index (χ4n) is 0.849. The van der Waals surface area contributed by atoms with Crippen molar-refractivity contribution in [3.63, 3.8) is 0 Å². The zero-order valence-corrected chi connectivity index (χ0v) is 10.7. The summed E-state index contributed by atoms with van der Waals surface area (Å²) in [7, 11) is -1.64. The summed E-state index contributed by atoms with van der Waals surface area (Å²) in [6.45, 7) is 13.6. The Bertz CT molecular complexity index is 154. The highest BCUT2D eigenvalue weighted by atomic mass is 28.4. The summed E-state index contributed by atoms with van der Waals surface area (Å²) in [6.07, 6.45) is 0.0888. The number of rotatable bonds is 4. The molecule has 4 heteroatoms. The van der Waals surface area contributed by atoms with Gasteiger partial charge in [-0.25, -0.2) is 5.90 Å². The molecular weight excluding hydrogens is 182 g/mol. The Morgan fingerprint density at radius 2 is 1.77 bits per heavy atom. The van der Waals surface area contributed by atoms with Crippen LogP contribution in [-0.2, 0) is 9.26 Å². The standard InChI is InChI=1S/C9H23NO2Si/c1-8(7-11-10)12-13(5,6)9(2,3)4/h8H,7,10H2,1-6H3/t8-/m1/s1. The van der Waals surface area contributed by atoms with Crippen LogP contribution in [0.25, 0.3) is 0 Å². The van der Waals surface area contributed by atoms with E-state index in [1.54, 1.807) is 0 Å². The lowest BCUT2D eigenvalue weighted by Gasteiger charge is -2.38. The van der Waals surface area contributed by atoms with E-state index in [1.165, 1.54) is 0 Å². The van der Waals surface area contributed by atoms with E-state index in [2.05, 4.69) is 38.7 Å². The number of hydrogen-bond donors (Lipinski definition) is 1. The second kappa shape index (κ2) is 4.55. The van der Waals surface area contributed by atoms with Crippen LogP contribution in [0, 0.1) is 0 Å². The second-order valence-electron chi connectivity index (χ2n) is 5.02. The maximum atomic E-state index is 5.98. The summed E-state index contributed by atoms with van der Waals surface area (Å²) in [5, 5.41) is 0.246. The van der Waals surface area contributed by atoms with Gasteiger partial charge in [0.15, 0.2) is 8.32 Å². The second-order valence-corrected chi connectivity index (χ2v) is 9.78. The Labute approximate surface area is 82.7 Å². The summed E-state index contributed by atoms with van der Waals surface area (Å²) < 4.78 is 5.98. The van der Waals surface area contributed by atoms with Crippen LogP contribution >= 0.6 is 0 Å². The van der Waals surface area contributed by atoms with Gasteiger partial charge in [0.1, 0.15) is 0 Å². The minimum atomic E-state index is -1.64. The highest BCUT2D eigenvalue weighted by Crippen LogP contribution is 2.37. The predicted molar refractivity (Wildman–Crippen MR) is 57.9 cm³/mol. The number of hydrogen-bond acceptors (Lipinski definition) is 3. The first-order chi connectivity index (χ1) is 5.70. The first kappa shape index (κ1) is 13.1. The molecule has 0 aliphatic carbocycles. The van der Waals surface area contributed by atoms with Crippen molar-refractivity contribution in [1.82, 2.24) is 0 Å². The van der Waals surface area contributed by atoms with E-state index in [4.69, 9.17) is 10.3 Å². The van der Waals surface area contributed by atoms with E-state index in [0.717, 1.165) is 0 Å². The SMILES string of the molecule is C[C@H](CON)O[Si](C)(C)C(C)(C)C. The highest BCUT2D eigenvalue weighted by Gasteiger charge is 2.38. The van der Waals surface area contributed by atoms with Crippen molar-refractivity contribution in [1.29, 1.82) is 0 Å². The zero-order valence-electron chi connectivity index (χ0n) is 9.68. The van der Waals surface area contributed by atoms with Gasteiger partial charge in [0.25, 0.3) is 0 Å². The fourth-order valence-corrected chi connectivity index (χ4v) is 2.28. The van der Waals surface area contributed by atoms with Crippen molar-refractivity contribution < 1.29 is 9.26 Å². The molecule has 0 aromatic carbocycles. The summed E-state index contributed by atoms with van der Waals surface area (Å²) >= 11 is 0. The van der Waals surface area contributed by atoms with Crippen LogP contribution in [0.2, 0.25) is 18.1 Å². The van der Waals surface area contributed by atoms with Crippen LogP contribution in [0.1, 0.15) is 27.7 Å². The van der Waals surface area contributed by atoms with Gasteiger partial charge in [-0.3, -0.25) is 0 Å². The van der Waals surface area contributed by atoms with Crippen LogP contribution in [0.15, 0.2) is 0 Å². The topological polar surface area (TPSA) is 44.5 Å². The number of nitrogens with two attached hydrogens (primary N) is 1. The Morgan fingerprint density at radius 3 is 2.08 bits per heavy atom. The first-order valence-corrected chi connectivity index (χ1v) is 7.61. The molecule has 80 valence electrons. The molecular formula is C9H23NO2Si. The first-order valence-electron chi connectivity index (χ1n) is 4.70. The third kappa shape index (κ3) is 4.22. The van der Waals surface area contributed by atoms with E-state index in [-0.39, 0.29) is 11.1 Å². The maximum absolute atomic E-state index is 5.98. The van der Waals surface area contributed by atoms with Gasteiger partial charge in [0.05, 0.1) is 12.7 Å². The lowest BCUT2D eigenvalue weighted by atomic mass is 10.2. The Kier molecular flexibility index (Phi) is 4.58. The van der Waals surface area contributed by atoms with Crippen molar-refractivity contribution in [2.45, 2.75) is 51.9 Å². The van der Waals surface area contributed by atoms with Crippen molar-refractivity contribution in [3.05, 3.63) is 0 Å². The van der Waals surface area contributed by atoms with E-state index < -0.39 is 8.32 Å². The maximum Gasteiger partial charge on any atom is 0.192 e. The van der Waals surface area contributed by atoms with Gasteiger partial charge >= 0.3 is 0 Å². The quantitative estimate of drug-likeness (QED) is 0.566. The summed E-state index contributed by atoms with van der Waals surface area (Å²) in [5.41, 5.74) is 0. The molecule has 0 aliphatic rings. The molecule has 0 unspecified atom stereocenters. The molecule has 0 aliphatic heterocycles. The van der Waals surface area contributed by atoms with Crippen LogP contribution in [0.3, 0.4) is 0 Å². The van der Waals surface area contributed by atoms with Crippen molar-refractivity contribution >= 4 is 8.32 Å². The molecule has 3 nitrogen and oxygen atoms in total. The lowest BCUT2D eigenvalue weighted by Crippen LogP contribution is -2.44. The van der Waals surface area contributed by atoms with Gasteiger partial charge in [0, 0.05) is 0 Å². The molecule has 0 bridgehead atoms. The lowest BCUT2D eigenvalue weighted by molar-refractivity contribution is 0.0520. The zero-order chi connectivity index (χ0) is 10.7. The van der Waals surface area contributed by atoms with Crippen molar-refractivity contribution in [3.8, 4) is 0 Å². The molecule has 1 atom stereocenters. The largest absolute Gasteiger partial charge is 0.412 e. The van der Waals surface area contributed by atoms with Crippen molar-refractivity contribution in [2.75, 3.05) is 6.61 Å². The van der Waals surface area contributed by atoms with Crippen molar-refractivity contribution in [2.24, 2.45) is 5.90 Å². The smallest absolute Gasteiger partial charge is 0.192 e. The highest BCUT2D eigenvalue weighted by molar-refractivity contribution is 6.74. The minimum Gasteiger partial charge on any atom is -0.412 e. The molecule has 0 radical (unpaired) electrons. The monoisotopic (exact) mass is 205 g/mol. The van der Waals surface area contributed by atoms with Crippen LogP contribution in [-0.4, -0.2) is 21.0 Å². The average Bonchev–Trinajstić information content (AvgIpc) is 1.83. The molecule has 2 N–H and O–H groups in total. The molecule has 0 amide bonds. The molecule has 13 heavy (non-hydrogen) atoms. The van der Waals surface area contributed by atoms with E-state index in [1.807, 2.05) is 6.92 Å². The fraction of sp³-hybridized carbons (Fsp3) is 1.00. The van der Waals surface area contributed by atoms with Gasteiger partial charge in [-0.1, -0.05) is 20.8 Å². The molecule has 0 aromatic heterocycles. The molecule has 0 aromatic rings. The average molecular weight is 205 g/mol. The third-order valence-corrected chi connectivity index (χ3v) is 7.24. The molecule has 0 heterocycles. The van der Waals surface area contributed by atoms with Gasteiger partial charge < -0.3 is 9.26 Å². The predicted octanol–water partition coefficient (Wildman–Crippen LogP) is 2.29. The van der Waals surface area contributed by atoms with Gasteiger partial charge in [-0.05, 0) is 25.1 Å². The van der Waals surface area contributed by atoms with E-state index in [0.29, 0.717) is 6.61 Å². The molecule has 0 saturated heterocycles. The Balaban J connectivity index is 4.17. The molecule has 0 rings (SSSR count). The summed E-state index contributed by atoms with van der Waals surface area (Å²) in [6, 6.07) is 0. The van der Waals surface area contributed by atoms with Gasteiger partial charge in [0.2, 0.25) is 0 Å². The molecule has 0 saturated carbocycles. The normalized spacial score (nSPS) is 15.9. The van der Waals surface area contributed by atoms with Gasteiger partial charge in [-0.15, -0.1) is 0 Å². The summed E-state index contributed by atoms with van der Waals surface area (Å²) in [5.74, 6) is 4.99. The van der Waals surface area contributed by atoms with Crippen LogP contribution in [0.5, 0.6) is 0 Å².